The van der Waals surface area contributed by atoms with E-state index < -0.39 is 115 Å². The monoisotopic (exact) mass is 968 g/mol. The van der Waals surface area contributed by atoms with Crippen molar-refractivity contribution in [2.24, 2.45) is 29.6 Å². The Morgan fingerprint density at radius 2 is 1.51 bits per heavy atom. The third-order valence-electron chi connectivity index (χ3n) is 15.1. The standard InChI is InChI=1S/C50H85N3O15/c1-16-52-22-32(8)62-38(19-28(52)4)65-43-33(9)41(67-47-40(55)37(17-18-51)20-29(5)63-47)26(2)21-50(13,68-49(57)53-23-30(6)61-31(7)24-53)35(11)42(66-46(56)34(43)10)27(3)25-60-48-45(59-15)44(58-14)39(54)36(12)64-48/h17,26-36,38-45,47-48,54-55H,16,19-25H2,1-15H3/b37-17+/t26-,27-,28+,29+,30-,31+,32-,33+,34+,35?,36+,38-,39+,40+,41-,42+,43-,44+,45+,47-,48+,50-/m0/s1. The quantitative estimate of drug-likeness (QED) is 0.190. The van der Waals surface area contributed by atoms with E-state index in [4.69, 9.17) is 52.1 Å². The van der Waals surface area contributed by atoms with Gasteiger partial charge in [-0.1, -0.05) is 34.6 Å². The predicted molar refractivity (Wildman–Crippen MR) is 249 cm³/mol. The number of esters is 1. The Kier molecular flexibility index (Phi) is 20.5. The highest BCUT2D eigenvalue weighted by Gasteiger charge is 2.52. The smallest absolute Gasteiger partial charge is 0.410 e. The number of methoxy groups -OCH3 is 2. The first-order valence-corrected chi connectivity index (χ1v) is 25.0. The Morgan fingerprint density at radius 1 is 0.868 bits per heavy atom. The number of aliphatic hydroxyl groups is 2. The lowest BCUT2D eigenvalue weighted by atomic mass is 9.74. The number of aliphatic hydroxyl groups excluding tert-OH is 2. The summed E-state index contributed by atoms with van der Waals surface area (Å²) in [4.78, 5) is 33.5. The van der Waals surface area contributed by atoms with Crippen molar-refractivity contribution in [1.29, 1.82) is 5.26 Å². The maximum Gasteiger partial charge on any atom is 0.410 e. The van der Waals surface area contributed by atoms with Crippen LogP contribution in [0.15, 0.2) is 11.6 Å². The van der Waals surface area contributed by atoms with Crippen LogP contribution in [0.1, 0.15) is 109 Å². The van der Waals surface area contributed by atoms with E-state index >= 15 is 4.79 Å². The molecule has 5 heterocycles. The van der Waals surface area contributed by atoms with Gasteiger partial charge in [-0.05, 0) is 86.3 Å². The minimum Gasteiger partial charge on any atom is -0.461 e. The van der Waals surface area contributed by atoms with Crippen LogP contribution in [0.3, 0.4) is 0 Å². The molecular formula is C50H85N3O15. The highest BCUT2D eigenvalue weighted by atomic mass is 16.7. The number of carbonyl (C=O) groups is 2. The molecule has 2 N–H and O–H groups in total. The van der Waals surface area contributed by atoms with Gasteiger partial charge in [0.2, 0.25) is 0 Å². The van der Waals surface area contributed by atoms with Crippen molar-refractivity contribution >= 4 is 12.1 Å². The van der Waals surface area contributed by atoms with Crippen LogP contribution in [-0.4, -0.2) is 183 Å². The summed E-state index contributed by atoms with van der Waals surface area (Å²) in [6.07, 6.45) is -8.68. The second kappa shape index (κ2) is 24.7. The van der Waals surface area contributed by atoms with Crippen molar-refractivity contribution in [2.45, 2.75) is 213 Å². The molecule has 0 bridgehead atoms. The molecule has 5 aliphatic rings. The van der Waals surface area contributed by atoms with E-state index in [1.807, 2.05) is 62.3 Å². The Labute approximate surface area is 405 Å². The van der Waals surface area contributed by atoms with Gasteiger partial charge in [0, 0.05) is 57.1 Å². The van der Waals surface area contributed by atoms with Crippen molar-refractivity contribution in [2.75, 3.05) is 47.0 Å². The van der Waals surface area contributed by atoms with Crippen molar-refractivity contribution in [3.63, 3.8) is 0 Å². The van der Waals surface area contributed by atoms with Crippen LogP contribution < -0.4 is 0 Å². The Hall–Kier alpha value is -2.51. The molecule has 22 atom stereocenters. The zero-order valence-electron chi connectivity index (χ0n) is 43.4. The predicted octanol–water partition coefficient (Wildman–Crippen LogP) is 5.20. The number of ether oxygens (including phenoxy) is 11. The molecule has 5 saturated heterocycles. The van der Waals surface area contributed by atoms with E-state index in [0.717, 1.165) is 6.54 Å². The summed E-state index contributed by atoms with van der Waals surface area (Å²) < 4.78 is 70.2. The van der Waals surface area contributed by atoms with Gasteiger partial charge < -0.3 is 67.2 Å². The number of hydrogen-bond donors (Lipinski definition) is 2. The summed E-state index contributed by atoms with van der Waals surface area (Å²) in [5.41, 5.74) is -0.820. The molecule has 5 aliphatic heterocycles. The molecule has 0 aliphatic carbocycles. The number of likely N-dealkylation sites (N-methyl/N-ethyl adjacent to an activating group) is 1. The summed E-state index contributed by atoms with van der Waals surface area (Å²) in [6.45, 7) is 27.4. The summed E-state index contributed by atoms with van der Waals surface area (Å²) in [5, 5.41) is 32.1. The van der Waals surface area contributed by atoms with Crippen LogP contribution in [0.4, 0.5) is 4.79 Å². The topological polar surface area (TPSA) is 206 Å². The Bertz CT molecular complexity index is 1690. The zero-order chi connectivity index (χ0) is 50.4. The fourth-order valence-electron chi connectivity index (χ4n) is 11.2. The van der Waals surface area contributed by atoms with Gasteiger partial charge in [-0.25, -0.2) is 4.79 Å². The van der Waals surface area contributed by atoms with E-state index in [-0.39, 0.29) is 43.5 Å². The van der Waals surface area contributed by atoms with Crippen LogP contribution in [0.5, 0.6) is 0 Å². The lowest BCUT2D eigenvalue weighted by molar-refractivity contribution is -0.305. The van der Waals surface area contributed by atoms with Crippen molar-refractivity contribution in [3.8, 4) is 6.07 Å². The zero-order valence-corrected chi connectivity index (χ0v) is 43.4. The van der Waals surface area contributed by atoms with Gasteiger partial charge in [0.15, 0.2) is 18.9 Å². The van der Waals surface area contributed by atoms with Gasteiger partial charge in [-0.2, -0.15) is 5.26 Å². The molecule has 0 spiro atoms. The molecular weight excluding hydrogens is 883 g/mol. The Balaban J connectivity index is 1.59. The second-order valence-electron chi connectivity index (χ2n) is 20.8. The van der Waals surface area contributed by atoms with Crippen LogP contribution in [-0.2, 0) is 56.9 Å². The maximum absolute atomic E-state index is 15.0. The highest BCUT2D eigenvalue weighted by Crippen LogP contribution is 2.43. The fraction of sp³-hybridized carbons (Fsp3) is 0.900. The molecule has 0 saturated carbocycles. The Morgan fingerprint density at radius 3 is 2.13 bits per heavy atom. The van der Waals surface area contributed by atoms with Gasteiger partial charge in [0.05, 0.1) is 74.4 Å². The molecule has 68 heavy (non-hydrogen) atoms. The number of nitriles is 1. The SMILES string of the molecule is CCN1C[C@H](C)O[C@@H](O[C@H]2[C@H](C)[C@@H](O[C@@H]3O[C@H](C)C/C(=C\C#N)[C@H]3O)[C@@H](C)C[C@](C)(OC(=O)N3C[C@@H](C)O[C@@H](C)C3)C(C)[C@@H]([C@@H](C)CO[C@@H]3O[C@H](C)[C@@H](O)[C@@H](OC)[C@H]3OC)OC(=O)[C@@H]2C)C[C@H]1C. The molecule has 0 radical (unpaired) electrons. The van der Waals surface area contributed by atoms with Gasteiger partial charge in [-0.3, -0.25) is 9.69 Å². The normalized spacial score (nSPS) is 44.8. The van der Waals surface area contributed by atoms with Crippen molar-refractivity contribution < 1.29 is 71.9 Å². The highest BCUT2D eigenvalue weighted by molar-refractivity contribution is 5.73. The van der Waals surface area contributed by atoms with Gasteiger partial charge in [0.1, 0.15) is 36.1 Å². The lowest BCUT2D eigenvalue weighted by Gasteiger charge is -2.46. The first-order valence-electron chi connectivity index (χ1n) is 25.0. The molecule has 0 aromatic rings. The first kappa shape index (κ1) is 56.4. The third kappa shape index (κ3) is 13.5. The summed E-state index contributed by atoms with van der Waals surface area (Å²) in [7, 11) is 2.99. The minimum absolute atomic E-state index is 0.0217. The van der Waals surface area contributed by atoms with E-state index in [2.05, 4.69) is 24.8 Å². The largest absolute Gasteiger partial charge is 0.461 e. The number of hydrogen-bond acceptors (Lipinski definition) is 17. The number of amides is 1. The lowest BCUT2D eigenvalue weighted by Crippen LogP contribution is -2.59. The maximum atomic E-state index is 15.0. The number of rotatable bonds is 12. The number of nitrogens with zero attached hydrogens (tertiary/aromatic N) is 3. The first-order chi connectivity index (χ1) is 32.0. The number of allylic oxidation sites excluding steroid dienone is 1. The van der Waals surface area contributed by atoms with Crippen molar-refractivity contribution in [1.82, 2.24) is 9.80 Å². The third-order valence-corrected chi connectivity index (χ3v) is 15.1. The number of carbonyl (C=O) groups excluding carboxylic acids is 2. The molecule has 0 aromatic carbocycles. The molecule has 1 amide bonds. The van der Waals surface area contributed by atoms with Crippen molar-refractivity contribution in [3.05, 3.63) is 11.6 Å². The number of morpholine rings is 1. The second-order valence-corrected chi connectivity index (χ2v) is 20.8. The van der Waals surface area contributed by atoms with Crippen LogP contribution in [0, 0.1) is 40.9 Å². The van der Waals surface area contributed by atoms with Gasteiger partial charge in [0.25, 0.3) is 0 Å². The molecule has 18 heteroatoms. The van der Waals surface area contributed by atoms with Crippen LogP contribution in [0.25, 0.3) is 0 Å². The van der Waals surface area contributed by atoms with E-state index in [1.165, 1.54) is 20.3 Å². The van der Waals surface area contributed by atoms with Crippen LogP contribution >= 0.6 is 0 Å². The molecule has 18 nitrogen and oxygen atoms in total. The molecule has 390 valence electrons. The van der Waals surface area contributed by atoms with Gasteiger partial charge in [-0.15, -0.1) is 0 Å². The number of cyclic esters (lactones) is 1. The summed E-state index contributed by atoms with van der Waals surface area (Å²) in [5.74, 6) is -3.62. The summed E-state index contributed by atoms with van der Waals surface area (Å²) in [6, 6.07) is 2.17. The summed E-state index contributed by atoms with van der Waals surface area (Å²) >= 11 is 0. The molecule has 5 rings (SSSR count). The fourth-order valence-corrected chi connectivity index (χ4v) is 11.2. The van der Waals surface area contributed by atoms with E-state index in [0.29, 0.717) is 38.0 Å². The molecule has 1 unspecified atom stereocenters. The average Bonchev–Trinajstić information content (AvgIpc) is 3.42. The van der Waals surface area contributed by atoms with E-state index in [1.54, 1.807) is 18.7 Å². The average molecular weight is 968 g/mol. The molecule has 0 aromatic heterocycles. The van der Waals surface area contributed by atoms with Gasteiger partial charge >= 0.3 is 12.1 Å². The van der Waals surface area contributed by atoms with E-state index in [9.17, 15) is 20.3 Å². The van der Waals surface area contributed by atoms with Crippen LogP contribution in [0.2, 0.25) is 0 Å². The molecule has 5 fully saturated rings. The minimum atomic E-state index is -1.31.